The van der Waals surface area contributed by atoms with E-state index >= 15 is 0 Å². The van der Waals surface area contributed by atoms with E-state index in [0.29, 0.717) is 12.0 Å². The Balaban J connectivity index is 0.00000312. The van der Waals surface area contributed by atoms with Crippen molar-refractivity contribution >= 4 is 45.9 Å². The van der Waals surface area contributed by atoms with Crippen LogP contribution in [0.15, 0.2) is 27.7 Å². The average molecular weight is 525 g/mol. The Kier molecular flexibility index (Phi) is 10.8. The monoisotopic (exact) mass is 524 g/mol. The molecule has 0 saturated carbocycles. The lowest BCUT2D eigenvalue weighted by atomic mass is 10.1. The largest absolute Gasteiger partial charge is 0.496 e. The van der Waals surface area contributed by atoms with Crippen molar-refractivity contribution < 1.29 is 4.74 Å². The summed E-state index contributed by atoms with van der Waals surface area (Å²) in [7, 11) is 1.71. The minimum Gasteiger partial charge on any atom is -0.496 e. The number of aryl methyl sites for hydroxylation is 1. The number of nitrogens with zero attached hydrogens (tertiary/aromatic N) is 2. The van der Waals surface area contributed by atoms with E-state index in [4.69, 9.17) is 10.5 Å². The van der Waals surface area contributed by atoms with E-state index in [1.54, 1.807) is 7.11 Å². The number of likely N-dealkylation sites (tertiary alicyclic amines) is 1. The Morgan fingerprint density at radius 1 is 1.48 bits per heavy atom. The highest BCUT2D eigenvalue weighted by molar-refractivity contribution is 14.0. The maximum Gasteiger partial charge on any atom is 0.188 e. The van der Waals surface area contributed by atoms with Gasteiger partial charge in [-0.3, -0.25) is 9.89 Å². The molecule has 0 aliphatic carbocycles. The van der Waals surface area contributed by atoms with Crippen molar-refractivity contribution in [3.63, 3.8) is 0 Å². The average Bonchev–Trinajstić information content (AvgIpc) is 3.05. The molecule has 1 heterocycles. The first kappa shape index (κ1) is 22.5. The van der Waals surface area contributed by atoms with Crippen LogP contribution < -0.4 is 15.8 Å². The molecule has 1 saturated heterocycles. The van der Waals surface area contributed by atoms with E-state index in [1.165, 1.54) is 24.9 Å². The van der Waals surface area contributed by atoms with Crippen LogP contribution in [0.3, 0.4) is 0 Å². The van der Waals surface area contributed by atoms with E-state index in [9.17, 15) is 0 Å². The zero-order valence-corrected chi connectivity index (χ0v) is 19.0. The number of aliphatic imine (C=N–C) groups is 1. The van der Waals surface area contributed by atoms with E-state index in [-0.39, 0.29) is 24.0 Å². The van der Waals surface area contributed by atoms with Crippen LogP contribution in [0.5, 0.6) is 5.75 Å². The first-order valence-corrected chi connectivity index (χ1v) is 9.53. The summed E-state index contributed by atoms with van der Waals surface area (Å²) in [6, 6.07) is 6.70. The molecule has 1 aliphatic rings. The van der Waals surface area contributed by atoms with Crippen LogP contribution in [-0.2, 0) is 6.42 Å². The van der Waals surface area contributed by atoms with E-state index in [2.05, 4.69) is 44.1 Å². The smallest absolute Gasteiger partial charge is 0.188 e. The van der Waals surface area contributed by atoms with Crippen LogP contribution in [0.2, 0.25) is 0 Å². The number of benzene rings is 1. The Morgan fingerprint density at radius 3 is 3.00 bits per heavy atom. The Labute approximate surface area is 176 Å². The lowest BCUT2D eigenvalue weighted by molar-refractivity contribution is 0.273. The number of guanidine groups is 1. The van der Waals surface area contributed by atoms with Gasteiger partial charge in [-0.15, -0.1) is 24.0 Å². The second-order valence-electron chi connectivity index (χ2n) is 6.14. The predicted molar refractivity (Wildman–Crippen MR) is 119 cm³/mol. The van der Waals surface area contributed by atoms with Crippen LogP contribution >= 0.6 is 39.9 Å². The number of ether oxygens (including phenoxy) is 1. The van der Waals surface area contributed by atoms with Crippen LogP contribution in [-0.4, -0.2) is 50.2 Å². The van der Waals surface area contributed by atoms with Crippen molar-refractivity contribution in [1.82, 2.24) is 10.2 Å². The molecule has 142 valence electrons. The summed E-state index contributed by atoms with van der Waals surface area (Å²) in [6.45, 7) is 6.12. The second-order valence-corrected chi connectivity index (χ2v) is 7.05. The van der Waals surface area contributed by atoms with Crippen LogP contribution in [0.25, 0.3) is 0 Å². The number of nitrogens with one attached hydrogen (secondary N) is 1. The van der Waals surface area contributed by atoms with Crippen molar-refractivity contribution in [2.24, 2.45) is 10.7 Å². The number of hydrogen-bond donors (Lipinski definition) is 2. The van der Waals surface area contributed by atoms with Gasteiger partial charge in [0.15, 0.2) is 5.96 Å². The molecule has 3 N–H and O–H groups in total. The molecule has 1 aromatic rings. The topological polar surface area (TPSA) is 62.9 Å². The zero-order chi connectivity index (χ0) is 17.4. The summed E-state index contributed by atoms with van der Waals surface area (Å²) >= 11 is 3.46. The zero-order valence-electron chi connectivity index (χ0n) is 15.1. The fraction of sp³-hybridized carbons (Fsp3) is 0.611. The van der Waals surface area contributed by atoms with Gasteiger partial charge in [-0.1, -0.05) is 28.9 Å². The number of likely N-dealkylation sites (N-methyl/N-ethyl adjacent to an activating group) is 1. The molecule has 0 radical (unpaired) electrons. The van der Waals surface area contributed by atoms with Crippen LogP contribution in [0.4, 0.5) is 0 Å². The fourth-order valence-electron chi connectivity index (χ4n) is 3.20. The van der Waals surface area contributed by atoms with Crippen molar-refractivity contribution in [3.8, 4) is 5.75 Å². The first-order chi connectivity index (χ1) is 11.6. The molecule has 1 unspecified atom stereocenters. The molecule has 0 aromatic heterocycles. The molecule has 2 rings (SSSR count). The van der Waals surface area contributed by atoms with Gasteiger partial charge in [0.1, 0.15) is 5.75 Å². The standard InChI is InChI=1S/C18H29BrN4O.HI/c1-3-23-11-5-7-16(23)13-22-18(20)21-10-4-6-14-8-9-15(19)12-17(14)24-2;/h8-9,12,16H,3-7,10-11,13H2,1-2H3,(H3,20,21,22);1H. The molecule has 1 aromatic carbocycles. The summed E-state index contributed by atoms with van der Waals surface area (Å²) in [5, 5.41) is 3.22. The molecule has 0 amide bonds. The second kappa shape index (κ2) is 12.0. The minimum absolute atomic E-state index is 0. The van der Waals surface area contributed by atoms with Crippen molar-refractivity contribution in [2.75, 3.05) is 33.3 Å². The van der Waals surface area contributed by atoms with Gasteiger partial charge in [0.25, 0.3) is 0 Å². The number of hydrogen-bond acceptors (Lipinski definition) is 3. The summed E-state index contributed by atoms with van der Waals surface area (Å²) in [4.78, 5) is 6.99. The maximum atomic E-state index is 5.98. The lowest BCUT2D eigenvalue weighted by Gasteiger charge is -2.20. The molecule has 25 heavy (non-hydrogen) atoms. The lowest BCUT2D eigenvalue weighted by Crippen LogP contribution is -2.36. The molecular weight excluding hydrogens is 495 g/mol. The predicted octanol–water partition coefficient (Wildman–Crippen LogP) is 3.40. The van der Waals surface area contributed by atoms with Gasteiger partial charge in [0, 0.05) is 17.1 Å². The molecular formula is C18H30BrIN4O. The maximum absolute atomic E-state index is 5.98. The van der Waals surface area contributed by atoms with Gasteiger partial charge in [0.05, 0.1) is 13.7 Å². The van der Waals surface area contributed by atoms with Crippen molar-refractivity contribution in [1.29, 1.82) is 0 Å². The molecule has 7 heteroatoms. The molecule has 1 fully saturated rings. The van der Waals surface area contributed by atoms with Gasteiger partial charge >= 0.3 is 0 Å². The molecule has 5 nitrogen and oxygen atoms in total. The quantitative estimate of drug-likeness (QED) is 0.237. The first-order valence-electron chi connectivity index (χ1n) is 8.74. The highest BCUT2D eigenvalue weighted by Gasteiger charge is 2.22. The highest BCUT2D eigenvalue weighted by atomic mass is 127. The van der Waals surface area contributed by atoms with Gasteiger partial charge in [-0.05, 0) is 56.5 Å². The van der Waals surface area contributed by atoms with E-state index in [0.717, 1.165) is 42.7 Å². The summed E-state index contributed by atoms with van der Waals surface area (Å²) in [6.07, 6.45) is 4.44. The van der Waals surface area contributed by atoms with E-state index in [1.807, 2.05) is 12.1 Å². The summed E-state index contributed by atoms with van der Waals surface area (Å²) in [5.74, 6) is 1.48. The van der Waals surface area contributed by atoms with Gasteiger partial charge in [0.2, 0.25) is 0 Å². The van der Waals surface area contributed by atoms with Crippen LogP contribution in [0, 0.1) is 0 Å². The minimum atomic E-state index is 0. The number of nitrogens with two attached hydrogens (primary N) is 1. The van der Waals surface area contributed by atoms with Crippen molar-refractivity contribution in [3.05, 3.63) is 28.2 Å². The molecule has 1 aliphatic heterocycles. The SMILES string of the molecule is CCN1CCCC1CN=C(N)NCCCc1ccc(Br)cc1OC.I. The number of methoxy groups -OCH3 is 1. The fourth-order valence-corrected chi connectivity index (χ4v) is 3.54. The van der Waals surface area contributed by atoms with Crippen LogP contribution in [0.1, 0.15) is 31.7 Å². The molecule has 0 spiro atoms. The Hall–Kier alpha value is -0.540. The third-order valence-corrected chi connectivity index (χ3v) is 5.05. The van der Waals surface area contributed by atoms with Gasteiger partial charge in [-0.2, -0.15) is 0 Å². The van der Waals surface area contributed by atoms with Gasteiger partial charge in [-0.25, -0.2) is 0 Å². The summed E-state index contributed by atoms with van der Waals surface area (Å²) in [5.41, 5.74) is 7.19. The van der Waals surface area contributed by atoms with Gasteiger partial charge < -0.3 is 15.8 Å². The highest BCUT2D eigenvalue weighted by Crippen LogP contribution is 2.24. The molecule has 0 bridgehead atoms. The normalized spacial score (nSPS) is 18.0. The third kappa shape index (κ3) is 7.30. The van der Waals surface area contributed by atoms with E-state index < -0.39 is 0 Å². The van der Waals surface area contributed by atoms with Crippen molar-refractivity contribution in [2.45, 2.75) is 38.6 Å². The summed E-state index contributed by atoms with van der Waals surface area (Å²) < 4.78 is 6.45. The Morgan fingerprint density at radius 2 is 2.28 bits per heavy atom. The third-order valence-electron chi connectivity index (χ3n) is 4.56. The molecule has 1 atom stereocenters. The number of halogens is 2. The number of rotatable bonds is 8. The Bertz CT molecular complexity index is 556.